The number of rotatable bonds is 1. The van der Waals surface area contributed by atoms with Gasteiger partial charge in [-0.25, -0.2) is 0 Å². The minimum atomic E-state index is -0.198. The lowest BCUT2D eigenvalue weighted by atomic mass is 9.70. The van der Waals surface area contributed by atoms with Crippen molar-refractivity contribution >= 4 is 21.6 Å². The Labute approximate surface area is 150 Å². The Morgan fingerprint density at radius 2 is 2.08 bits per heavy atom. The van der Waals surface area contributed by atoms with Gasteiger partial charge in [0, 0.05) is 18.1 Å². The minimum Gasteiger partial charge on any atom is -0.381 e. The van der Waals surface area contributed by atoms with Crippen LogP contribution in [0.5, 0.6) is 0 Å². The highest BCUT2D eigenvalue weighted by Crippen LogP contribution is 2.45. The monoisotopic (exact) mass is 352 g/mol. The molecule has 5 heteroatoms. The van der Waals surface area contributed by atoms with Crippen LogP contribution in [-0.4, -0.2) is 22.8 Å². The summed E-state index contributed by atoms with van der Waals surface area (Å²) in [6, 6.07) is 10.7. The molecule has 0 saturated carbocycles. The molecule has 1 saturated heterocycles. The van der Waals surface area contributed by atoms with Crippen LogP contribution in [0, 0.1) is 0 Å². The molecule has 5 rings (SSSR count). The van der Waals surface area contributed by atoms with Crippen LogP contribution in [0.15, 0.2) is 35.1 Å². The van der Waals surface area contributed by atoms with E-state index >= 15 is 0 Å². The molecule has 1 spiro atoms. The van der Waals surface area contributed by atoms with E-state index in [0.717, 1.165) is 41.8 Å². The first kappa shape index (κ1) is 15.3. The van der Waals surface area contributed by atoms with Crippen LogP contribution in [0.2, 0.25) is 0 Å². The van der Waals surface area contributed by atoms with Crippen LogP contribution in [0.4, 0.5) is 0 Å². The molecule has 0 amide bonds. The fourth-order valence-electron chi connectivity index (χ4n) is 4.41. The molecule has 4 heterocycles. The zero-order valence-electron chi connectivity index (χ0n) is 14.2. The van der Waals surface area contributed by atoms with Crippen molar-refractivity contribution in [3.8, 4) is 0 Å². The van der Waals surface area contributed by atoms with Crippen LogP contribution in [0.1, 0.15) is 41.6 Å². The van der Waals surface area contributed by atoms with Gasteiger partial charge >= 0.3 is 0 Å². The molecule has 0 radical (unpaired) electrons. The van der Waals surface area contributed by atoms with Crippen LogP contribution in [0.3, 0.4) is 0 Å². The molecular formula is C20H20N2O2S. The number of aryl methyl sites for hydroxylation is 1. The maximum absolute atomic E-state index is 12.8. The topological polar surface area (TPSA) is 44.1 Å². The lowest BCUT2D eigenvalue weighted by molar-refractivity contribution is 0.0575. The number of ether oxygens (including phenoxy) is 1. The molecule has 2 aliphatic rings. The number of fused-ring (bicyclic) bond motifs is 6. The van der Waals surface area contributed by atoms with Crippen LogP contribution >= 0.6 is 11.3 Å². The van der Waals surface area contributed by atoms with E-state index < -0.39 is 0 Å². The van der Waals surface area contributed by atoms with Crippen molar-refractivity contribution in [1.29, 1.82) is 0 Å². The first-order chi connectivity index (χ1) is 12.2. The number of hydrogen-bond acceptors (Lipinski definition) is 4. The summed E-state index contributed by atoms with van der Waals surface area (Å²) < 4.78 is 7.95. The Morgan fingerprint density at radius 1 is 1.28 bits per heavy atom. The van der Waals surface area contributed by atoms with E-state index in [9.17, 15) is 4.79 Å². The summed E-state index contributed by atoms with van der Waals surface area (Å²) in [5, 5.41) is 0.771. The van der Waals surface area contributed by atoms with Gasteiger partial charge in [-0.05, 0) is 36.5 Å². The molecule has 4 nitrogen and oxygen atoms in total. The van der Waals surface area contributed by atoms with Crippen molar-refractivity contribution in [3.63, 3.8) is 0 Å². The lowest BCUT2D eigenvalue weighted by Gasteiger charge is -2.42. The normalized spacial score (nSPS) is 18.3. The maximum atomic E-state index is 12.8. The molecule has 2 aliphatic heterocycles. The summed E-state index contributed by atoms with van der Waals surface area (Å²) >= 11 is 1.74. The van der Waals surface area contributed by atoms with E-state index in [-0.39, 0.29) is 11.0 Å². The van der Waals surface area contributed by atoms with Crippen molar-refractivity contribution in [1.82, 2.24) is 9.55 Å². The fourth-order valence-corrected chi connectivity index (χ4v) is 5.50. The highest BCUT2D eigenvalue weighted by molar-refractivity contribution is 7.18. The second kappa shape index (κ2) is 5.51. The summed E-state index contributed by atoms with van der Waals surface area (Å²) in [6.07, 6.45) is 2.71. The van der Waals surface area contributed by atoms with E-state index in [1.165, 1.54) is 16.0 Å². The molecular weight excluding hydrogens is 332 g/mol. The second-order valence-corrected chi connectivity index (χ2v) is 8.08. The van der Waals surface area contributed by atoms with Gasteiger partial charge in [0.05, 0.1) is 17.3 Å². The highest BCUT2D eigenvalue weighted by Gasteiger charge is 2.44. The summed E-state index contributed by atoms with van der Waals surface area (Å²) in [5.74, 6) is 0.941. The Morgan fingerprint density at radius 3 is 2.88 bits per heavy atom. The van der Waals surface area contributed by atoms with Crippen molar-refractivity contribution in [2.75, 3.05) is 13.2 Å². The first-order valence-electron chi connectivity index (χ1n) is 8.93. The number of thiophene rings is 1. The van der Waals surface area contributed by atoms with Gasteiger partial charge in [-0.1, -0.05) is 31.2 Å². The van der Waals surface area contributed by atoms with Gasteiger partial charge in [-0.3, -0.25) is 4.79 Å². The number of nitrogens with zero attached hydrogens (tertiary/aromatic N) is 2. The molecule has 128 valence electrons. The molecule has 3 aromatic rings. The van der Waals surface area contributed by atoms with Crippen molar-refractivity contribution in [2.45, 2.75) is 38.1 Å². The SMILES string of the molecule is CCc1cc2c(=O)nc3n(c2s1)Cc1ccccc1C31CCOCC1. The molecule has 0 N–H and O–H groups in total. The molecule has 1 fully saturated rings. The molecule has 0 atom stereocenters. The zero-order chi connectivity index (χ0) is 17.0. The van der Waals surface area contributed by atoms with E-state index in [4.69, 9.17) is 4.74 Å². The van der Waals surface area contributed by atoms with Gasteiger partial charge in [0.2, 0.25) is 0 Å². The number of hydrogen-bond donors (Lipinski definition) is 0. The molecule has 1 aromatic carbocycles. The third-order valence-electron chi connectivity index (χ3n) is 5.69. The van der Waals surface area contributed by atoms with Gasteiger partial charge in [0.15, 0.2) is 0 Å². The Hall–Kier alpha value is -1.98. The molecule has 0 bridgehead atoms. The van der Waals surface area contributed by atoms with Crippen LogP contribution in [0.25, 0.3) is 10.2 Å². The molecule has 2 aromatic heterocycles. The third-order valence-corrected chi connectivity index (χ3v) is 6.99. The number of benzene rings is 1. The Bertz CT molecular complexity index is 1030. The molecule has 0 unspecified atom stereocenters. The smallest absolute Gasteiger partial charge is 0.281 e. The largest absolute Gasteiger partial charge is 0.381 e. The van der Waals surface area contributed by atoms with Crippen LogP contribution in [-0.2, 0) is 23.1 Å². The van der Waals surface area contributed by atoms with E-state index in [1.54, 1.807) is 11.3 Å². The predicted molar refractivity (Wildman–Crippen MR) is 99.6 cm³/mol. The molecule has 25 heavy (non-hydrogen) atoms. The van der Waals surface area contributed by atoms with Crippen molar-refractivity contribution in [3.05, 3.63) is 62.5 Å². The van der Waals surface area contributed by atoms with Gasteiger partial charge in [-0.15, -0.1) is 11.3 Å². The first-order valence-corrected chi connectivity index (χ1v) is 9.74. The maximum Gasteiger partial charge on any atom is 0.281 e. The van der Waals surface area contributed by atoms with E-state index in [1.807, 2.05) is 6.07 Å². The van der Waals surface area contributed by atoms with Gasteiger partial charge < -0.3 is 9.30 Å². The second-order valence-electron chi connectivity index (χ2n) is 6.96. The summed E-state index contributed by atoms with van der Waals surface area (Å²) in [5.41, 5.74) is 2.39. The van der Waals surface area contributed by atoms with E-state index in [0.29, 0.717) is 13.2 Å². The predicted octanol–water partition coefficient (Wildman–Crippen LogP) is 3.48. The van der Waals surface area contributed by atoms with Crippen molar-refractivity contribution < 1.29 is 4.74 Å². The van der Waals surface area contributed by atoms with Gasteiger partial charge in [0.25, 0.3) is 5.56 Å². The quantitative estimate of drug-likeness (QED) is 0.673. The van der Waals surface area contributed by atoms with Crippen molar-refractivity contribution in [2.24, 2.45) is 0 Å². The fraction of sp³-hybridized carbons (Fsp3) is 0.400. The average Bonchev–Trinajstić information content (AvgIpc) is 3.10. The zero-order valence-corrected chi connectivity index (χ0v) is 15.1. The van der Waals surface area contributed by atoms with E-state index in [2.05, 4.69) is 40.7 Å². The summed E-state index contributed by atoms with van der Waals surface area (Å²) in [7, 11) is 0. The Balaban J connectivity index is 1.86. The van der Waals surface area contributed by atoms with Gasteiger partial charge in [-0.2, -0.15) is 4.98 Å². The Kier molecular flexibility index (Phi) is 3.37. The number of aromatic nitrogens is 2. The third kappa shape index (κ3) is 2.09. The average molecular weight is 352 g/mol. The highest BCUT2D eigenvalue weighted by atomic mass is 32.1. The summed E-state index contributed by atoms with van der Waals surface area (Å²) in [4.78, 5) is 19.7. The minimum absolute atomic E-state index is 0.0811. The standard InChI is InChI=1S/C20H20N2O2S/c1-2-14-11-15-17(23)21-19-20(7-9-24-10-8-20)16-6-4-3-5-13(16)12-22(19)18(15)25-14/h3-6,11H,2,7-10,12H2,1H3. The lowest BCUT2D eigenvalue weighted by Crippen LogP contribution is -2.43. The summed E-state index contributed by atoms with van der Waals surface area (Å²) in [6.45, 7) is 4.36. The van der Waals surface area contributed by atoms with Crippen LogP contribution < -0.4 is 5.56 Å². The van der Waals surface area contributed by atoms with Gasteiger partial charge in [0.1, 0.15) is 10.7 Å². The molecule has 0 aliphatic carbocycles.